The minimum Gasteiger partial charge on any atom is -0.494 e. The van der Waals surface area contributed by atoms with E-state index >= 15 is 0 Å². The highest BCUT2D eigenvalue weighted by Gasteiger charge is 2.32. The first kappa shape index (κ1) is 19.6. The maximum absolute atomic E-state index is 12.3. The first-order valence-electron chi connectivity index (χ1n) is 10.5. The summed E-state index contributed by atoms with van der Waals surface area (Å²) in [5.41, 5.74) is 0.747. The Kier molecular flexibility index (Phi) is 6.20. The smallest absolute Gasteiger partial charge is 0.319 e. The molecule has 2 fully saturated rings. The summed E-state index contributed by atoms with van der Waals surface area (Å²) < 4.78 is 11.3. The van der Waals surface area contributed by atoms with Gasteiger partial charge < -0.3 is 25.0 Å². The number of anilines is 1. The van der Waals surface area contributed by atoms with Gasteiger partial charge in [-0.25, -0.2) is 4.79 Å². The Morgan fingerprint density at radius 2 is 1.52 bits per heavy atom. The van der Waals surface area contributed by atoms with Crippen LogP contribution in [0.5, 0.6) is 17.2 Å². The van der Waals surface area contributed by atoms with Crippen molar-refractivity contribution in [1.82, 2.24) is 10.2 Å². The largest absolute Gasteiger partial charge is 0.494 e. The molecule has 2 aromatic rings. The SMILES string of the molecule is CCOc1ccc(Oc2ccc(NC(=O)NC3CCN(C4CC4)CC3)cc2)cc1. The molecule has 6 nitrogen and oxygen atoms in total. The van der Waals surface area contributed by atoms with E-state index < -0.39 is 0 Å². The molecule has 0 atom stereocenters. The molecule has 1 aliphatic carbocycles. The zero-order chi connectivity index (χ0) is 20.1. The van der Waals surface area contributed by atoms with Gasteiger partial charge in [-0.05, 0) is 81.1 Å². The van der Waals surface area contributed by atoms with E-state index in [0.29, 0.717) is 12.4 Å². The van der Waals surface area contributed by atoms with Crippen molar-refractivity contribution in [2.45, 2.75) is 44.7 Å². The first-order chi connectivity index (χ1) is 14.2. The van der Waals surface area contributed by atoms with Crippen molar-refractivity contribution in [1.29, 1.82) is 0 Å². The monoisotopic (exact) mass is 395 g/mol. The van der Waals surface area contributed by atoms with E-state index in [1.54, 1.807) is 0 Å². The maximum Gasteiger partial charge on any atom is 0.319 e. The minimum atomic E-state index is -0.143. The summed E-state index contributed by atoms with van der Waals surface area (Å²) in [6.45, 7) is 4.78. The lowest BCUT2D eigenvalue weighted by atomic mass is 10.1. The van der Waals surface area contributed by atoms with Crippen molar-refractivity contribution in [2.24, 2.45) is 0 Å². The molecular weight excluding hydrogens is 366 g/mol. The Bertz CT molecular complexity index is 795. The fourth-order valence-electron chi connectivity index (χ4n) is 3.71. The van der Waals surface area contributed by atoms with Crippen LogP contribution < -0.4 is 20.1 Å². The molecular formula is C23H29N3O3. The Labute approximate surface area is 172 Å². The van der Waals surface area contributed by atoms with Crippen molar-refractivity contribution >= 4 is 11.7 Å². The van der Waals surface area contributed by atoms with Crippen LogP contribution in [0.3, 0.4) is 0 Å². The van der Waals surface area contributed by atoms with Crippen LogP contribution in [0, 0.1) is 0 Å². The molecule has 154 valence electrons. The summed E-state index contributed by atoms with van der Waals surface area (Å²) in [5, 5.41) is 6.01. The van der Waals surface area contributed by atoms with Crippen LogP contribution in [0.15, 0.2) is 48.5 Å². The third-order valence-corrected chi connectivity index (χ3v) is 5.41. The van der Waals surface area contributed by atoms with Gasteiger partial charge in [0.25, 0.3) is 0 Å². The molecule has 29 heavy (non-hydrogen) atoms. The standard InChI is InChI=1S/C23H29N3O3/c1-2-28-20-9-11-22(12-10-20)29-21-7-3-17(4-8-21)24-23(27)25-18-13-15-26(16-14-18)19-5-6-19/h3-4,7-12,18-19H,2,5-6,13-16H2,1H3,(H2,24,25,27). The molecule has 6 heteroatoms. The van der Waals surface area contributed by atoms with Crippen LogP contribution in [0.1, 0.15) is 32.6 Å². The van der Waals surface area contributed by atoms with Gasteiger partial charge in [-0.1, -0.05) is 0 Å². The van der Waals surface area contributed by atoms with Crippen molar-refractivity contribution in [3.8, 4) is 17.2 Å². The number of ether oxygens (including phenoxy) is 2. The summed E-state index contributed by atoms with van der Waals surface area (Å²) in [4.78, 5) is 14.8. The summed E-state index contributed by atoms with van der Waals surface area (Å²) in [6, 6.07) is 15.8. The molecule has 0 aromatic heterocycles. The number of nitrogens with one attached hydrogen (secondary N) is 2. The van der Waals surface area contributed by atoms with E-state index in [1.807, 2.05) is 55.5 Å². The van der Waals surface area contributed by atoms with Gasteiger partial charge in [0, 0.05) is 30.9 Å². The normalized spacial score (nSPS) is 17.6. The van der Waals surface area contributed by atoms with Crippen LogP contribution in [0.2, 0.25) is 0 Å². The number of rotatable bonds is 7. The van der Waals surface area contributed by atoms with Crippen molar-refractivity contribution in [2.75, 3.05) is 25.0 Å². The molecule has 0 radical (unpaired) electrons. The van der Waals surface area contributed by atoms with E-state index in [-0.39, 0.29) is 12.1 Å². The Balaban J connectivity index is 1.23. The van der Waals surface area contributed by atoms with E-state index in [4.69, 9.17) is 9.47 Å². The van der Waals surface area contributed by atoms with Crippen molar-refractivity contribution < 1.29 is 14.3 Å². The first-order valence-corrected chi connectivity index (χ1v) is 10.5. The Morgan fingerprint density at radius 3 is 2.10 bits per heavy atom. The van der Waals surface area contributed by atoms with E-state index in [9.17, 15) is 4.79 Å². The number of amides is 2. The van der Waals surface area contributed by atoms with Crippen LogP contribution >= 0.6 is 0 Å². The number of hydrogen-bond acceptors (Lipinski definition) is 4. The Morgan fingerprint density at radius 1 is 0.931 bits per heavy atom. The summed E-state index contributed by atoms with van der Waals surface area (Å²) in [6.07, 6.45) is 4.74. The molecule has 0 bridgehead atoms. The number of nitrogens with zero attached hydrogens (tertiary/aromatic N) is 1. The minimum absolute atomic E-state index is 0.143. The lowest BCUT2D eigenvalue weighted by Crippen LogP contribution is -2.46. The molecule has 1 aliphatic heterocycles. The van der Waals surface area contributed by atoms with E-state index in [0.717, 1.165) is 49.2 Å². The number of likely N-dealkylation sites (tertiary alicyclic amines) is 1. The molecule has 2 amide bonds. The summed E-state index contributed by atoms with van der Waals surface area (Å²) in [5.74, 6) is 2.28. The fraction of sp³-hybridized carbons (Fsp3) is 0.435. The molecule has 1 saturated heterocycles. The zero-order valence-electron chi connectivity index (χ0n) is 16.9. The second kappa shape index (κ2) is 9.18. The number of hydrogen-bond donors (Lipinski definition) is 2. The predicted octanol–water partition coefficient (Wildman–Crippen LogP) is 4.63. The number of piperidine rings is 1. The molecule has 0 spiro atoms. The maximum atomic E-state index is 12.3. The zero-order valence-corrected chi connectivity index (χ0v) is 16.9. The average Bonchev–Trinajstić information content (AvgIpc) is 3.57. The molecule has 1 saturated carbocycles. The lowest BCUT2D eigenvalue weighted by Gasteiger charge is -2.32. The van der Waals surface area contributed by atoms with Crippen LogP contribution in [-0.2, 0) is 0 Å². The summed E-state index contributed by atoms with van der Waals surface area (Å²) >= 11 is 0. The Hall–Kier alpha value is -2.73. The molecule has 1 heterocycles. The molecule has 0 unspecified atom stereocenters. The van der Waals surface area contributed by atoms with E-state index in [2.05, 4.69) is 15.5 Å². The highest BCUT2D eigenvalue weighted by atomic mass is 16.5. The third kappa shape index (κ3) is 5.64. The second-order valence-electron chi connectivity index (χ2n) is 7.67. The van der Waals surface area contributed by atoms with Crippen molar-refractivity contribution in [3.05, 3.63) is 48.5 Å². The number of carbonyl (C=O) groups excluding carboxylic acids is 1. The fourth-order valence-corrected chi connectivity index (χ4v) is 3.71. The molecule has 2 aliphatic rings. The quantitative estimate of drug-likeness (QED) is 0.718. The van der Waals surface area contributed by atoms with Gasteiger partial charge in [-0.15, -0.1) is 0 Å². The van der Waals surface area contributed by atoms with Crippen LogP contribution in [-0.4, -0.2) is 42.7 Å². The lowest BCUT2D eigenvalue weighted by molar-refractivity contribution is 0.189. The van der Waals surface area contributed by atoms with Gasteiger partial charge in [-0.2, -0.15) is 0 Å². The van der Waals surface area contributed by atoms with Crippen LogP contribution in [0.25, 0.3) is 0 Å². The molecule has 4 rings (SSSR count). The molecule has 2 aromatic carbocycles. The van der Waals surface area contributed by atoms with Gasteiger partial charge in [0.1, 0.15) is 17.2 Å². The topological polar surface area (TPSA) is 62.8 Å². The number of carbonyl (C=O) groups is 1. The highest BCUT2D eigenvalue weighted by Crippen LogP contribution is 2.29. The van der Waals surface area contributed by atoms with Gasteiger partial charge in [-0.3, -0.25) is 0 Å². The van der Waals surface area contributed by atoms with Gasteiger partial charge in [0.15, 0.2) is 0 Å². The summed E-state index contributed by atoms with van der Waals surface area (Å²) in [7, 11) is 0. The van der Waals surface area contributed by atoms with E-state index in [1.165, 1.54) is 12.8 Å². The molecule has 2 N–H and O–H groups in total. The van der Waals surface area contributed by atoms with Gasteiger partial charge >= 0.3 is 6.03 Å². The number of urea groups is 1. The average molecular weight is 396 g/mol. The van der Waals surface area contributed by atoms with Crippen molar-refractivity contribution in [3.63, 3.8) is 0 Å². The van der Waals surface area contributed by atoms with Crippen LogP contribution in [0.4, 0.5) is 10.5 Å². The van der Waals surface area contributed by atoms with Gasteiger partial charge in [0.05, 0.1) is 6.61 Å². The highest BCUT2D eigenvalue weighted by molar-refractivity contribution is 5.89. The number of benzene rings is 2. The second-order valence-corrected chi connectivity index (χ2v) is 7.67. The third-order valence-electron chi connectivity index (χ3n) is 5.41. The van der Waals surface area contributed by atoms with Gasteiger partial charge in [0.2, 0.25) is 0 Å². The predicted molar refractivity (Wildman–Crippen MR) is 114 cm³/mol.